The fraction of sp³-hybridized carbons (Fsp3) is 0.500. The smallest absolute Gasteiger partial charge is 1.00 e. The number of thiophene rings is 4. The van der Waals surface area contributed by atoms with Gasteiger partial charge in [-0.1, -0.05) is 15.9 Å². The molecule has 12 nitrogen and oxygen atoms in total. The minimum absolute atomic E-state index is 0. The van der Waals surface area contributed by atoms with Crippen molar-refractivity contribution in [1.82, 2.24) is 25.8 Å². The number of nitrogens with zero attached hydrogens (tertiary/aromatic N) is 7. The van der Waals surface area contributed by atoms with Crippen molar-refractivity contribution in [2.75, 3.05) is 97.8 Å². The van der Waals surface area contributed by atoms with Gasteiger partial charge < -0.3 is 43.5 Å². The van der Waals surface area contributed by atoms with Gasteiger partial charge in [0.2, 0.25) is 0 Å². The first-order valence-electron chi connectivity index (χ1n) is 31.2. The number of benzene rings is 4. The van der Waals surface area contributed by atoms with Crippen LogP contribution in [0.5, 0.6) is 0 Å². The van der Waals surface area contributed by atoms with Crippen molar-refractivity contribution in [3.63, 3.8) is 0 Å². The summed E-state index contributed by atoms with van der Waals surface area (Å²) in [6.07, 6.45) is 5.47. The molecule has 0 amide bonds. The Labute approximate surface area is 592 Å². The molecule has 92 heavy (non-hydrogen) atoms. The number of nitrogens with two attached hydrogens (primary N) is 2. The van der Waals surface area contributed by atoms with E-state index in [-0.39, 0.29) is 67.0 Å². The van der Waals surface area contributed by atoms with Crippen LogP contribution in [-0.2, 0) is 0 Å². The molecule has 0 saturated carbocycles. The van der Waals surface area contributed by atoms with E-state index >= 15 is 0 Å². The van der Waals surface area contributed by atoms with Crippen molar-refractivity contribution < 1.29 is 44.0 Å². The molecule has 4 aliphatic rings. The molecule has 8 atom stereocenters. The van der Waals surface area contributed by atoms with Gasteiger partial charge in [-0.05, 0) is 174 Å². The molecule has 4 aliphatic heterocycles. The number of nitriles is 2. The Balaban J connectivity index is 0.000000400. The first kappa shape index (κ1) is 80.4. The maximum atomic E-state index is 13.4. The third kappa shape index (κ3) is 23.3. The summed E-state index contributed by atoms with van der Waals surface area (Å²) in [5.74, 6) is -0.690. The molecule has 500 valence electrons. The third-order valence-electron chi connectivity index (χ3n) is 16.4. The van der Waals surface area contributed by atoms with Gasteiger partial charge in [0.1, 0.15) is 23.3 Å². The van der Waals surface area contributed by atoms with E-state index < -0.39 is 0 Å². The molecule has 4 aromatic carbocycles. The summed E-state index contributed by atoms with van der Waals surface area (Å²) >= 11 is 9.53. The second-order valence-electron chi connectivity index (χ2n) is 24.0. The number of fused-ring (bicyclic) bond motifs is 4. The van der Waals surface area contributed by atoms with Crippen molar-refractivity contribution in [2.24, 2.45) is 5.73 Å². The summed E-state index contributed by atoms with van der Waals surface area (Å²) < 4.78 is 56.6. The average molecular weight is 1420 g/mol. The third-order valence-corrected chi connectivity index (χ3v) is 20.7. The Bertz CT molecular complexity index is 3520. The minimum atomic E-state index is -0.209. The predicted molar refractivity (Wildman–Crippen MR) is 394 cm³/mol. The van der Waals surface area contributed by atoms with Crippen molar-refractivity contribution in [3.05, 3.63) is 118 Å². The Morgan fingerprint density at radius 3 is 1.21 bits per heavy atom. The number of nitrogens with one attached hydrogen (secondary N) is 3. The zero-order valence-corrected chi connectivity index (χ0v) is 59.2. The molecule has 0 unspecified atom stereocenters. The predicted octanol–water partition coefficient (Wildman–Crippen LogP) is 11.7. The fourth-order valence-electron chi connectivity index (χ4n) is 12.3. The van der Waals surface area contributed by atoms with E-state index in [4.69, 9.17) is 22.0 Å². The number of nitrogen functional groups attached to an aromatic ring is 1. The van der Waals surface area contributed by atoms with Gasteiger partial charge in [-0.25, -0.2) is 17.6 Å². The number of halogens is 6. The zero-order valence-electron chi connectivity index (χ0n) is 55.3. The maximum absolute atomic E-state index is 13.4. The molecule has 24 heteroatoms. The maximum Gasteiger partial charge on any atom is 1.00 e. The van der Waals surface area contributed by atoms with Crippen LogP contribution >= 0.6 is 61.3 Å². The van der Waals surface area contributed by atoms with Gasteiger partial charge >= 0.3 is 18.9 Å². The van der Waals surface area contributed by atoms with Gasteiger partial charge in [-0.15, -0.1) is 45.3 Å². The van der Waals surface area contributed by atoms with Crippen LogP contribution in [0.1, 0.15) is 96.8 Å². The van der Waals surface area contributed by atoms with Gasteiger partial charge in [0.15, 0.2) is 17.4 Å². The molecule has 8 heterocycles. The molecule has 12 rings (SSSR count). The fourth-order valence-corrected chi connectivity index (χ4v) is 16.4. The Morgan fingerprint density at radius 2 is 0.859 bits per heavy atom. The van der Waals surface area contributed by atoms with Gasteiger partial charge in [-0.2, -0.15) is 10.5 Å². The topological polar surface area (TPSA) is 152 Å². The van der Waals surface area contributed by atoms with Gasteiger partial charge in [-0.3, -0.25) is 14.5 Å². The van der Waals surface area contributed by atoms with Crippen LogP contribution in [0.15, 0.2) is 94.3 Å². The second kappa shape index (κ2) is 40.5. The number of piperazine rings is 4. The number of hydrogen-bond acceptors (Lipinski definition) is 16. The zero-order chi connectivity index (χ0) is 64.1. The molecule has 0 bridgehead atoms. The van der Waals surface area contributed by atoms with Crippen LogP contribution in [0.4, 0.5) is 45.0 Å². The van der Waals surface area contributed by atoms with Crippen molar-refractivity contribution in [2.45, 2.75) is 142 Å². The number of alkyl halides is 1. The summed E-state index contributed by atoms with van der Waals surface area (Å²) in [6, 6.07) is 28.4. The minimum Gasteiger partial charge on any atom is -1.00 e. The Kier molecular flexibility index (Phi) is 35.3. The molecule has 0 aliphatic carbocycles. The SMILES string of the molecule is C[C@@H]1CN(c2csc3cc(F)ccc23)C[C@H](C)N1.C[C@@H]1CN(c2csc3cc(F)ccc23)C[C@H](C)N1CCCC#N.C[C@@H]1CN(c2csc3cc(F)ccc23)C[C@H](C)N1CCCCN.C[C@@H]1CNC[C@H](C)N1.F.N#CCCCBr.Nc1csc2cc(F)ccc12.[3HH].[AlH3].[H-].[Li+]. The van der Waals surface area contributed by atoms with Crippen molar-refractivity contribution in [3.8, 4) is 12.1 Å². The Morgan fingerprint density at radius 1 is 0.522 bits per heavy atom. The first-order valence-corrected chi connectivity index (χ1v) is 35.9. The average Bonchev–Trinajstić information content (AvgIpc) is 1.63. The van der Waals surface area contributed by atoms with Gasteiger partial charge in [0.25, 0.3) is 0 Å². The molecule has 8 aromatic rings. The van der Waals surface area contributed by atoms with E-state index in [0.29, 0.717) is 61.2 Å². The quantitative estimate of drug-likeness (QED) is 0.0343. The second-order valence-corrected chi connectivity index (χ2v) is 28.4. The monoisotopic (exact) mass is 1420 g/mol. The Hall–Kier alpha value is -4.08. The number of unbranched alkanes of at least 4 members (excludes halogenated alkanes) is 3. The molecule has 4 aromatic heterocycles. The summed E-state index contributed by atoms with van der Waals surface area (Å²) in [5.41, 5.74) is 15.7. The largest absolute Gasteiger partial charge is 1.00 e. The molecule has 7 N–H and O–H groups in total. The number of hydrogen-bond donors (Lipinski definition) is 5. The summed E-state index contributed by atoms with van der Waals surface area (Å²) in [4.78, 5) is 12.4. The van der Waals surface area contributed by atoms with Crippen LogP contribution in [0.3, 0.4) is 0 Å². The van der Waals surface area contributed by atoms with E-state index in [1.807, 2.05) is 29.6 Å². The van der Waals surface area contributed by atoms with E-state index in [2.05, 4.69) is 134 Å². The van der Waals surface area contributed by atoms with Gasteiger partial charge in [0.05, 0.1) is 34.9 Å². The van der Waals surface area contributed by atoms with E-state index in [9.17, 15) is 17.6 Å². The molecule has 0 spiro atoms. The van der Waals surface area contributed by atoms with Crippen LogP contribution in [0.2, 0.25) is 0 Å². The molecule has 4 fully saturated rings. The summed E-state index contributed by atoms with van der Waals surface area (Å²) in [7, 11) is 0. The molecule has 4 saturated heterocycles. The van der Waals surface area contributed by atoms with Crippen LogP contribution in [0, 0.1) is 45.9 Å². The van der Waals surface area contributed by atoms with Crippen molar-refractivity contribution in [1.29, 1.82) is 10.5 Å². The molecule has 0 radical (unpaired) electrons. The van der Waals surface area contributed by atoms with E-state index in [1.165, 1.54) is 57.7 Å². The van der Waals surface area contributed by atoms with Crippen LogP contribution in [0.25, 0.3) is 40.3 Å². The van der Waals surface area contributed by atoms with Crippen molar-refractivity contribution >= 4 is 142 Å². The van der Waals surface area contributed by atoms with E-state index in [1.54, 1.807) is 76.5 Å². The van der Waals surface area contributed by atoms with Crippen LogP contribution < -0.4 is 61.0 Å². The standard InChI is InChI=1S/C18H26FN3S.C18H22FN3S.C14H17FN2S.C8H6FNS.C6H14N2.C4H6BrN.Al.FH.Li.H2.4H/c2*1-13-10-21(11-14(2)22(13)8-4-3-7-20)17-12-23-18-9-15(19)5-6-16(17)18;1-9-6-17(7-10(2)16-9)13-8-18-14-5-11(15)3-4-12(13)14;9-5-1-2-6-7(10)4-11-8(6)3-5;1-5-3-7-4-6(2)8-5;5-3-1-2-4-6;;;;;;;;/h5-6,9,12-14H,3-4,7-8,10-11,20H2,1-2H3;5-6,9,12-14H,3-4,8,10-11H2,1-2H3;3-5,8-10,16H,6-7H2,1-2H3;1-4H,10H2;5-8H,3-4H2,1-2H3;1-3H2;;1H;;1H;;;;/q;;;;;;;;+1;;;;;-1/t2*13-,14+;9-,10+;;5-,6+;;;;;;;;;/i;;;;;;;;;1+2;;;;. The first-order chi connectivity index (χ1) is 42.8. The molecular weight excluding hydrogens is 1320 g/mol. The van der Waals surface area contributed by atoms with E-state index in [0.717, 1.165) is 132 Å². The normalized spacial score (nSPS) is 21.4. The summed E-state index contributed by atoms with van der Waals surface area (Å²) in [5, 5.41) is 40.6. The molecular formula is C68H98AlBrF5LiN12S4. The summed E-state index contributed by atoms with van der Waals surface area (Å²) in [6.45, 7) is 29.1. The van der Waals surface area contributed by atoms with Crippen LogP contribution in [-0.4, -0.2) is 153 Å². The number of rotatable bonds is 12. The van der Waals surface area contributed by atoms with Gasteiger partial charge in [0, 0.05) is 182 Å². The number of anilines is 4.